The first-order valence-corrected chi connectivity index (χ1v) is 9.61. The van der Waals surface area contributed by atoms with Crippen LogP contribution >= 0.6 is 11.8 Å². The molecule has 2 atom stereocenters. The van der Waals surface area contributed by atoms with Gasteiger partial charge in [0, 0.05) is 10.5 Å². The second-order valence-electron chi connectivity index (χ2n) is 6.90. The van der Waals surface area contributed by atoms with Gasteiger partial charge in [0.1, 0.15) is 0 Å². The summed E-state index contributed by atoms with van der Waals surface area (Å²) in [4.78, 5) is 0. The van der Waals surface area contributed by atoms with Crippen molar-refractivity contribution in [2.75, 3.05) is 0 Å². The number of thioether (sulfide) groups is 1. The highest BCUT2D eigenvalue weighted by molar-refractivity contribution is 8.00. The zero-order chi connectivity index (χ0) is 14.7. The molecule has 2 unspecified atom stereocenters. The molecule has 0 spiro atoms. The lowest BCUT2D eigenvalue weighted by molar-refractivity contribution is 0.0196. The van der Waals surface area contributed by atoms with Gasteiger partial charge in [-0.2, -0.15) is 11.8 Å². The number of benzene rings is 1. The lowest BCUT2D eigenvalue weighted by atomic mass is 9.85. The van der Waals surface area contributed by atoms with Gasteiger partial charge in [0.2, 0.25) is 0 Å². The van der Waals surface area contributed by atoms with E-state index in [0.717, 1.165) is 18.4 Å². The van der Waals surface area contributed by atoms with Crippen molar-refractivity contribution in [2.45, 2.75) is 80.8 Å². The molecule has 2 saturated heterocycles. The molecule has 1 nitrogen and oxygen atoms in total. The van der Waals surface area contributed by atoms with Gasteiger partial charge in [0.15, 0.2) is 0 Å². The van der Waals surface area contributed by atoms with Crippen LogP contribution in [-0.4, -0.2) is 15.6 Å². The molecule has 1 N–H and O–H groups in total. The predicted octanol–water partition coefficient (Wildman–Crippen LogP) is 5.06. The Morgan fingerprint density at radius 1 is 1.05 bits per heavy atom. The number of fused-ring (bicyclic) bond motifs is 2. The average Bonchev–Trinajstić information content (AvgIpc) is 2.84. The van der Waals surface area contributed by atoms with Gasteiger partial charge >= 0.3 is 0 Å². The Balaban J connectivity index is 1.61. The molecule has 3 rings (SSSR count). The van der Waals surface area contributed by atoms with Crippen molar-refractivity contribution in [1.29, 1.82) is 0 Å². The molecular formula is C19H28OS. The second kappa shape index (κ2) is 6.75. The van der Waals surface area contributed by atoms with E-state index in [1.807, 2.05) is 0 Å². The first kappa shape index (κ1) is 15.4. The molecule has 2 aliphatic rings. The van der Waals surface area contributed by atoms with Crippen molar-refractivity contribution in [2.24, 2.45) is 0 Å². The number of rotatable bonds is 6. The van der Waals surface area contributed by atoms with Crippen LogP contribution in [-0.2, 0) is 12.0 Å². The van der Waals surface area contributed by atoms with E-state index in [4.69, 9.17) is 0 Å². The summed E-state index contributed by atoms with van der Waals surface area (Å²) in [7, 11) is 0. The van der Waals surface area contributed by atoms with E-state index in [1.54, 1.807) is 0 Å². The van der Waals surface area contributed by atoms with E-state index in [-0.39, 0.29) is 0 Å². The first-order chi connectivity index (χ1) is 10.2. The van der Waals surface area contributed by atoms with Gasteiger partial charge in [-0.3, -0.25) is 0 Å². The predicted molar refractivity (Wildman–Crippen MR) is 91.8 cm³/mol. The van der Waals surface area contributed by atoms with Gasteiger partial charge in [0.25, 0.3) is 0 Å². The summed E-state index contributed by atoms with van der Waals surface area (Å²) in [6, 6.07) is 8.85. The zero-order valence-corrected chi connectivity index (χ0v) is 14.0. The molecule has 2 heteroatoms. The molecule has 2 heterocycles. The van der Waals surface area contributed by atoms with Crippen molar-refractivity contribution in [3.05, 3.63) is 35.4 Å². The average molecular weight is 304 g/mol. The van der Waals surface area contributed by atoms with Crippen LogP contribution in [0.25, 0.3) is 0 Å². The Morgan fingerprint density at radius 2 is 1.71 bits per heavy atom. The van der Waals surface area contributed by atoms with Crippen LogP contribution in [0.4, 0.5) is 0 Å². The lowest BCUT2D eigenvalue weighted by Gasteiger charge is -2.36. The molecule has 2 bridgehead atoms. The van der Waals surface area contributed by atoms with E-state index in [2.05, 4.69) is 43.0 Å². The van der Waals surface area contributed by atoms with Crippen LogP contribution in [0.1, 0.15) is 69.4 Å². The maximum absolute atomic E-state index is 11.0. The third-order valence-corrected chi connectivity index (χ3v) is 6.71. The number of aliphatic hydroxyl groups is 1. The van der Waals surface area contributed by atoms with Crippen LogP contribution in [0, 0.1) is 0 Å². The van der Waals surface area contributed by atoms with Crippen LogP contribution in [0.15, 0.2) is 24.3 Å². The summed E-state index contributed by atoms with van der Waals surface area (Å²) in [6.45, 7) is 2.26. The smallest absolute Gasteiger partial charge is 0.0917 e. The maximum atomic E-state index is 11.0. The number of hydrogen-bond donors (Lipinski definition) is 1. The Bertz CT molecular complexity index is 441. The van der Waals surface area contributed by atoms with E-state index in [1.165, 1.54) is 50.5 Å². The quantitative estimate of drug-likeness (QED) is 0.742. The van der Waals surface area contributed by atoms with Crippen LogP contribution < -0.4 is 0 Å². The fourth-order valence-corrected chi connectivity index (χ4v) is 5.72. The third kappa shape index (κ3) is 3.65. The van der Waals surface area contributed by atoms with E-state index in [9.17, 15) is 5.11 Å². The molecule has 0 radical (unpaired) electrons. The molecule has 1 aromatic rings. The highest BCUT2D eigenvalue weighted by Crippen LogP contribution is 2.51. The molecule has 0 saturated carbocycles. The van der Waals surface area contributed by atoms with E-state index in [0.29, 0.717) is 10.5 Å². The van der Waals surface area contributed by atoms with Gasteiger partial charge in [-0.1, -0.05) is 50.5 Å². The van der Waals surface area contributed by atoms with Gasteiger partial charge in [-0.05, 0) is 49.7 Å². The molecule has 2 fully saturated rings. The third-order valence-electron chi connectivity index (χ3n) is 5.14. The van der Waals surface area contributed by atoms with E-state index >= 15 is 0 Å². The highest BCUT2D eigenvalue weighted by Gasteiger charge is 2.44. The van der Waals surface area contributed by atoms with Gasteiger partial charge in [-0.25, -0.2) is 0 Å². The van der Waals surface area contributed by atoms with Crippen LogP contribution in [0.2, 0.25) is 0 Å². The topological polar surface area (TPSA) is 20.2 Å². The Hall–Kier alpha value is -0.470. The molecule has 0 aromatic heterocycles. The van der Waals surface area contributed by atoms with Crippen LogP contribution in [0.3, 0.4) is 0 Å². The summed E-state index contributed by atoms with van der Waals surface area (Å²) in [5.41, 5.74) is 2.02. The summed E-state index contributed by atoms with van der Waals surface area (Å²) in [5.74, 6) is 0. The summed E-state index contributed by atoms with van der Waals surface area (Å²) >= 11 is 2.11. The molecule has 21 heavy (non-hydrogen) atoms. The minimum atomic E-state index is -0.558. The summed E-state index contributed by atoms with van der Waals surface area (Å²) in [5, 5.41) is 12.4. The molecule has 2 aliphatic heterocycles. The second-order valence-corrected chi connectivity index (χ2v) is 8.51. The minimum absolute atomic E-state index is 0.558. The van der Waals surface area contributed by atoms with Crippen molar-refractivity contribution in [3.63, 3.8) is 0 Å². The summed E-state index contributed by atoms with van der Waals surface area (Å²) < 4.78 is 0. The first-order valence-electron chi connectivity index (χ1n) is 8.67. The number of aryl methyl sites for hydroxylation is 1. The normalized spacial score (nSPS) is 31.5. The number of unbranched alkanes of at least 4 members (excludes halogenated alkanes) is 3. The SMILES string of the molecule is CCCCCCc1ccc(C2(O)CC3CCC(C2)S3)cc1. The fourth-order valence-electron chi connectivity index (χ4n) is 3.89. The van der Waals surface area contributed by atoms with Crippen molar-refractivity contribution >= 4 is 11.8 Å². The maximum Gasteiger partial charge on any atom is 0.0917 e. The molecule has 0 aliphatic carbocycles. The fraction of sp³-hybridized carbons (Fsp3) is 0.684. The molecule has 1 aromatic carbocycles. The Morgan fingerprint density at radius 3 is 2.33 bits per heavy atom. The monoisotopic (exact) mass is 304 g/mol. The van der Waals surface area contributed by atoms with Crippen molar-refractivity contribution in [3.8, 4) is 0 Å². The Labute approximate surface area is 133 Å². The van der Waals surface area contributed by atoms with Gasteiger partial charge < -0.3 is 5.11 Å². The molecular weight excluding hydrogens is 276 g/mol. The lowest BCUT2D eigenvalue weighted by Crippen LogP contribution is -2.34. The highest BCUT2D eigenvalue weighted by atomic mass is 32.2. The molecule has 0 amide bonds. The van der Waals surface area contributed by atoms with Gasteiger partial charge in [0.05, 0.1) is 5.60 Å². The largest absolute Gasteiger partial charge is 0.385 e. The number of hydrogen-bond acceptors (Lipinski definition) is 2. The van der Waals surface area contributed by atoms with E-state index < -0.39 is 5.60 Å². The van der Waals surface area contributed by atoms with Crippen molar-refractivity contribution in [1.82, 2.24) is 0 Å². The van der Waals surface area contributed by atoms with Crippen LogP contribution in [0.5, 0.6) is 0 Å². The summed E-state index contributed by atoms with van der Waals surface area (Å²) in [6.07, 6.45) is 10.9. The standard InChI is InChI=1S/C19H28OS/c1-2-3-4-5-6-15-7-9-16(10-8-15)19(20)13-17-11-12-18(14-19)21-17/h7-10,17-18,20H,2-6,11-14H2,1H3. The zero-order valence-electron chi connectivity index (χ0n) is 13.2. The van der Waals surface area contributed by atoms with Crippen molar-refractivity contribution < 1.29 is 5.11 Å². The minimum Gasteiger partial charge on any atom is -0.385 e. The molecule has 116 valence electrons. The van der Waals surface area contributed by atoms with Gasteiger partial charge in [-0.15, -0.1) is 0 Å². The Kier molecular flexibility index (Phi) is 4.96.